The van der Waals surface area contributed by atoms with Gasteiger partial charge in [-0.05, 0) is 50.7 Å². The Morgan fingerprint density at radius 2 is 2.29 bits per heavy atom. The number of hydrogen-bond donors (Lipinski definition) is 1. The molecule has 0 bridgehead atoms. The standard InChI is InChI=1S/C16H24FN3S/c1-3-20-8-4-5-14(20)11-19(2)10-12-6-7-13(17)9-15(12)16(18)21/h6-7,9,14H,3-5,8,10-11H2,1-2H3,(H2,18,21). The minimum Gasteiger partial charge on any atom is -0.389 e. The predicted molar refractivity (Wildman–Crippen MR) is 88.9 cm³/mol. The Hall–Kier alpha value is -1.04. The number of likely N-dealkylation sites (tertiary alicyclic amines) is 1. The number of nitrogens with two attached hydrogens (primary N) is 1. The van der Waals surface area contributed by atoms with Crippen LogP contribution in [0.1, 0.15) is 30.9 Å². The highest BCUT2D eigenvalue weighted by Gasteiger charge is 2.24. The molecule has 0 aliphatic carbocycles. The summed E-state index contributed by atoms with van der Waals surface area (Å²) in [4.78, 5) is 5.05. The van der Waals surface area contributed by atoms with Crippen LogP contribution in [0.15, 0.2) is 18.2 Å². The highest BCUT2D eigenvalue weighted by Crippen LogP contribution is 2.19. The smallest absolute Gasteiger partial charge is 0.123 e. The van der Waals surface area contributed by atoms with Crippen LogP contribution in [0.2, 0.25) is 0 Å². The molecule has 5 heteroatoms. The van der Waals surface area contributed by atoms with Crippen LogP contribution in [0.4, 0.5) is 4.39 Å². The largest absolute Gasteiger partial charge is 0.389 e. The number of hydrogen-bond acceptors (Lipinski definition) is 3. The Labute approximate surface area is 131 Å². The Kier molecular flexibility index (Phi) is 5.67. The van der Waals surface area contributed by atoms with Crippen molar-refractivity contribution in [1.29, 1.82) is 0 Å². The molecular formula is C16H24FN3S. The summed E-state index contributed by atoms with van der Waals surface area (Å²) in [7, 11) is 2.10. The molecule has 0 spiro atoms. The molecule has 2 rings (SSSR count). The summed E-state index contributed by atoms with van der Waals surface area (Å²) >= 11 is 5.03. The maximum atomic E-state index is 13.3. The van der Waals surface area contributed by atoms with E-state index in [0.717, 1.165) is 25.2 Å². The minimum atomic E-state index is -0.294. The number of likely N-dealkylation sites (N-methyl/N-ethyl adjacent to an activating group) is 2. The van der Waals surface area contributed by atoms with Crippen molar-refractivity contribution in [2.75, 3.05) is 26.7 Å². The van der Waals surface area contributed by atoms with Crippen LogP contribution >= 0.6 is 12.2 Å². The van der Waals surface area contributed by atoms with Crippen molar-refractivity contribution < 1.29 is 4.39 Å². The summed E-state index contributed by atoms with van der Waals surface area (Å²) in [6.07, 6.45) is 2.53. The van der Waals surface area contributed by atoms with Crippen LogP contribution in [0.5, 0.6) is 0 Å². The fourth-order valence-corrected chi connectivity index (χ4v) is 3.34. The van der Waals surface area contributed by atoms with Gasteiger partial charge in [-0.25, -0.2) is 4.39 Å². The Balaban J connectivity index is 2.02. The average Bonchev–Trinajstić information content (AvgIpc) is 2.87. The number of nitrogens with zero attached hydrogens (tertiary/aromatic N) is 2. The second-order valence-electron chi connectivity index (χ2n) is 5.79. The normalized spacial score (nSPS) is 19.3. The molecule has 21 heavy (non-hydrogen) atoms. The lowest BCUT2D eigenvalue weighted by Gasteiger charge is -2.28. The fraction of sp³-hybridized carbons (Fsp3) is 0.562. The lowest BCUT2D eigenvalue weighted by molar-refractivity contribution is 0.194. The van der Waals surface area contributed by atoms with Gasteiger partial charge in [-0.2, -0.15) is 0 Å². The van der Waals surface area contributed by atoms with Crippen LogP contribution in [0.3, 0.4) is 0 Å². The molecule has 1 aromatic rings. The molecule has 1 atom stereocenters. The van der Waals surface area contributed by atoms with Crippen molar-refractivity contribution in [2.24, 2.45) is 5.73 Å². The van der Waals surface area contributed by atoms with Crippen LogP contribution in [0.25, 0.3) is 0 Å². The van der Waals surface area contributed by atoms with Gasteiger partial charge in [0.25, 0.3) is 0 Å². The highest BCUT2D eigenvalue weighted by molar-refractivity contribution is 7.80. The first-order chi connectivity index (χ1) is 10.0. The molecule has 1 fully saturated rings. The van der Waals surface area contributed by atoms with Gasteiger partial charge in [-0.15, -0.1) is 0 Å². The van der Waals surface area contributed by atoms with Gasteiger partial charge in [-0.1, -0.05) is 25.2 Å². The zero-order valence-corrected chi connectivity index (χ0v) is 13.6. The van der Waals surface area contributed by atoms with E-state index in [1.807, 2.05) is 0 Å². The third-order valence-electron chi connectivity index (χ3n) is 4.21. The Morgan fingerprint density at radius 3 is 2.95 bits per heavy atom. The lowest BCUT2D eigenvalue weighted by Crippen LogP contribution is -2.38. The summed E-state index contributed by atoms with van der Waals surface area (Å²) in [6, 6.07) is 5.30. The average molecular weight is 309 g/mol. The molecule has 3 nitrogen and oxygen atoms in total. The van der Waals surface area contributed by atoms with Gasteiger partial charge in [0.2, 0.25) is 0 Å². The van der Waals surface area contributed by atoms with Gasteiger partial charge < -0.3 is 10.6 Å². The van der Waals surface area contributed by atoms with E-state index in [-0.39, 0.29) is 10.8 Å². The number of rotatable bonds is 6. The van der Waals surface area contributed by atoms with Crippen molar-refractivity contribution >= 4 is 17.2 Å². The molecule has 2 N–H and O–H groups in total. The van der Waals surface area contributed by atoms with E-state index in [4.69, 9.17) is 18.0 Å². The van der Waals surface area contributed by atoms with Gasteiger partial charge in [0.1, 0.15) is 10.8 Å². The quantitative estimate of drug-likeness (QED) is 0.818. The van der Waals surface area contributed by atoms with E-state index in [1.165, 1.54) is 31.5 Å². The Bertz CT molecular complexity index is 506. The monoisotopic (exact) mass is 309 g/mol. The van der Waals surface area contributed by atoms with Crippen LogP contribution in [-0.2, 0) is 6.54 Å². The van der Waals surface area contributed by atoms with E-state index >= 15 is 0 Å². The molecule has 1 aliphatic rings. The fourth-order valence-electron chi connectivity index (χ4n) is 3.15. The first-order valence-electron chi connectivity index (χ1n) is 7.52. The van der Waals surface area contributed by atoms with Gasteiger partial charge in [-0.3, -0.25) is 4.90 Å². The zero-order chi connectivity index (χ0) is 15.4. The number of thiocarbonyl (C=S) groups is 1. The van der Waals surface area contributed by atoms with E-state index < -0.39 is 0 Å². The lowest BCUT2D eigenvalue weighted by atomic mass is 10.1. The molecule has 116 valence electrons. The molecule has 0 saturated carbocycles. The molecule has 0 radical (unpaired) electrons. The molecule has 1 aromatic carbocycles. The maximum Gasteiger partial charge on any atom is 0.123 e. The van der Waals surface area contributed by atoms with Gasteiger partial charge >= 0.3 is 0 Å². The summed E-state index contributed by atoms with van der Waals surface area (Å²) in [5.41, 5.74) is 7.35. The topological polar surface area (TPSA) is 32.5 Å². The molecule has 0 amide bonds. The predicted octanol–water partition coefficient (Wildman–Crippen LogP) is 2.38. The first kappa shape index (κ1) is 16.3. The third kappa shape index (κ3) is 4.22. The van der Waals surface area contributed by atoms with E-state index in [0.29, 0.717) is 11.6 Å². The SMILES string of the molecule is CCN1CCCC1CN(C)Cc1ccc(F)cc1C(N)=S. The summed E-state index contributed by atoms with van der Waals surface area (Å²) in [5, 5.41) is 0. The second-order valence-corrected chi connectivity index (χ2v) is 6.23. The van der Waals surface area contributed by atoms with Crippen molar-refractivity contribution in [3.63, 3.8) is 0 Å². The first-order valence-corrected chi connectivity index (χ1v) is 7.93. The molecule has 1 saturated heterocycles. The van der Waals surface area contributed by atoms with E-state index in [2.05, 4.69) is 23.8 Å². The summed E-state index contributed by atoms with van der Waals surface area (Å²) in [6.45, 7) is 6.27. The number of benzene rings is 1. The Morgan fingerprint density at radius 1 is 1.52 bits per heavy atom. The zero-order valence-electron chi connectivity index (χ0n) is 12.8. The van der Waals surface area contributed by atoms with E-state index in [9.17, 15) is 4.39 Å². The van der Waals surface area contributed by atoms with Crippen molar-refractivity contribution in [3.05, 3.63) is 35.1 Å². The molecule has 1 heterocycles. The molecule has 0 aromatic heterocycles. The summed E-state index contributed by atoms with van der Waals surface area (Å²) < 4.78 is 13.3. The summed E-state index contributed by atoms with van der Waals surface area (Å²) in [5.74, 6) is -0.294. The molecule has 1 aliphatic heterocycles. The third-order valence-corrected chi connectivity index (χ3v) is 4.43. The number of halogens is 1. The highest BCUT2D eigenvalue weighted by atomic mass is 32.1. The van der Waals surface area contributed by atoms with Crippen LogP contribution < -0.4 is 5.73 Å². The van der Waals surface area contributed by atoms with Crippen molar-refractivity contribution in [2.45, 2.75) is 32.4 Å². The van der Waals surface area contributed by atoms with Gasteiger partial charge in [0.15, 0.2) is 0 Å². The van der Waals surface area contributed by atoms with Gasteiger partial charge in [0, 0.05) is 24.7 Å². The van der Waals surface area contributed by atoms with Crippen LogP contribution in [-0.4, -0.2) is 47.5 Å². The van der Waals surface area contributed by atoms with Crippen molar-refractivity contribution in [3.8, 4) is 0 Å². The van der Waals surface area contributed by atoms with Crippen molar-refractivity contribution in [1.82, 2.24) is 9.80 Å². The minimum absolute atomic E-state index is 0.258. The maximum absolute atomic E-state index is 13.3. The van der Waals surface area contributed by atoms with Gasteiger partial charge in [0.05, 0.1) is 0 Å². The molecular weight excluding hydrogens is 285 g/mol. The molecule has 1 unspecified atom stereocenters. The second kappa shape index (κ2) is 7.29. The van der Waals surface area contributed by atoms with E-state index in [1.54, 1.807) is 6.07 Å². The van der Waals surface area contributed by atoms with Crippen LogP contribution in [0, 0.1) is 5.82 Å².